The Hall–Kier alpha value is -3.76. The number of carboxylic acid groups (broad SMARTS) is 1. The summed E-state index contributed by atoms with van der Waals surface area (Å²) in [5.74, 6) is -4.38. The smallest absolute Gasteiger partial charge is 0.349 e. The average molecular weight is 450 g/mol. The number of hydrogen-bond donors (Lipinski definition) is 3. The molecule has 2 rings (SSSR count). The predicted octanol–water partition coefficient (Wildman–Crippen LogP) is 1.05. The van der Waals surface area contributed by atoms with Crippen LogP contribution in [0.1, 0.15) is 30.6 Å². The van der Waals surface area contributed by atoms with Crippen molar-refractivity contribution < 1.29 is 37.8 Å². The lowest BCUT2D eigenvalue weighted by Crippen LogP contribution is -2.54. The van der Waals surface area contributed by atoms with Gasteiger partial charge in [0.15, 0.2) is 5.78 Å². The first-order valence-electron chi connectivity index (χ1n) is 9.61. The quantitative estimate of drug-likeness (QED) is 0.454. The fourth-order valence-electron chi connectivity index (χ4n) is 2.91. The molecular weight excluding hydrogens is 427 g/mol. The number of carbonyl (C=O) groups excluding carboxylic acids is 3. The van der Waals surface area contributed by atoms with Crippen LogP contribution in [0, 0.1) is 5.92 Å². The Balaban J connectivity index is 2.26. The Labute approximate surface area is 181 Å². The van der Waals surface area contributed by atoms with E-state index in [2.05, 4.69) is 10.6 Å². The average Bonchev–Trinajstić information content (AvgIpc) is 2.74. The number of ether oxygens (including phenoxy) is 1. The molecule has 0 spiro atoms. The van der Waals surface area contributed by atoms with E-state index >= 15 is 0 Å². The number of fused-ring (bicyclic) bond motifs is 1. The van der Waals surface area contributed by atoms with Gasteiger partial charge in [-0.05, 0) is 24.1 Å². The van der Waals surface area contributed by atoms with Crippen LogP contribution in [0.4, 0.5) is 4.39 Å². The van der Waals surface area contributed by atoms with Crippen LogP contribution < -0.4 is 21.0 Å². The molecule has 172 valence electrons. The van der Waals surface area contributed by atoms with Gasteiger partial charge in [0.2, 0.25) is 5.91 Å². The Morgan fingerprint density at radius 3 is 2.41 bits per heavy atom. The molecule has 2 unspecified atom stereocenters. The fraction of sp³-hybridized carbons (Fsp3) is 0.381. The molecule has 0 saturated carbocycles. The molecule has 0 fully saturated rings. The molecule has 0 saturated heterocycles. The van der Waals surface area contributed by atoms with Gasteiger partial charge in [-0.2, -0.15) is 0 Å². The number of nitrogens with one attached hydrogen (secondary N) is 2. The highest BCUT2D eigenvalue weighted by atomic mass is 19.1. The summed E-state index contributed by atoms with van der Waals surface area (Å²) in [7, 11) is 1.44. The van der Waals surface area contributed by atoms with Crippen molar-refractivity contribution in [2.24, 2.45) is 5.92 Å². The number of carbonyl (C=O) groups is 4. The van der Waals surface area contributed by atoms with Gasteiger partial charge in [-0.15, -0.1) is 0 Å². The van der Waals surface area contributed by atoms with Crippen LogP contribution >= 0.6 is 0 Å². The van der Waals surface area contributed by atoms with Crippen LogP contribution in [0.5, 0.6) is 5.75 Å². The Bertz CT molecular complexity index is 1090. The number of rotatable bonds is 10. The predicted molar refractivity (Wildman–Crippen MR) is 110 cm³/mol. The van der Waals surface area contributed by atoms with Crippen LogP contribution in [-0.2, 0) is 14.4 Å². The van der Waals surface area contributed by atoms with Gasteiger partial charge in [-0.1, -0.05) is 13.8 Å². The molecule has 1 aromatic carbocycles. The van der Waals surface area contributed by atoms with Gasteiger partial charge < -0.3 is 24.9 Å². The van der Waals surface area contributed by atoms with Crippen LogP contribution in [0.2, 0.25) is 0 Å². The number of amides is 2. The minimum Gasteiger partial charge on any atom is -0.497 e. The number of alkyl halides is 1. The Morgan fingerprint density at radius 2 is 1.84 bits per heavy atom. The monoisotopic (exact) mass is 450 g/mol. The number of aliphatic carboxylic acids is 1. The van der Waals surface area contributed by atoms with Gasteiger partial charge in [0, 0.05) is 11.5 Å². The highest BCUT2D eigenvalue weighted by Crippen LogP contribution is 2.20. The van der Waals surface area contributed by atoms with E-state index in [9.17, 15) is 28.4 Å². The van der Waals surface area contributed by atoms with Crippen molar-refractivity contribution >= 4 is 34.5 Å². The number of hydrogen-bond acceptors (Lipinski definition) is 7. The van der Waals surface area contributed by atoms with Crippen LogP contribution in [-0.4, -0.2) is 54.5 Å². The van der Waals surface area contributed by atoms with Crippen LogP contribution in [0.3, 0.4) is 0 Å². The lowest BCUT2D eigenvalue weighted by molar-refractivity contribution is -0.140. The normalized spacial score (nSPS) is 12.8. The summed E-state index contributed by atoms with van der Waals surface area (Å²) >= 11 is 0. The minimum atomic E-state index is -1.59. The molecule has 1 heterocycles. The van der Waals surface area contributed by atoms with Crippen molar-refractivity contribution in [2.45, 2.75) is 32.4 Å². The zero-order chi connectivity index (χ0) is 24.0. The van der Waals surface area contributed by atoms with Gasteiger partial charge >= 0.3 is 11.6 Å². The number of Topliss-reactive ketones (excluding diaryl/α,β-unsaturated/α-hetero) is 1. The molecule has 2 atom stereocenters. The second-order valence-corrected chi connectivity index (χ2v) is 7.31. The number of carboxylic acids is 1. The van der Waals surface area contributed by atoms with E-state index in [-0.39, 0.29) is 11.1 Å². The maximum Gasteiger partial charge on any atom is 0.349 e. The molecule has 3 N–H and O–H groups in total. The number of methoxy groups -OCH3 is 1. The second-order valence-electron chi connectivity index (χ2n) is 7.31. The molecule has 2 aromatic rings. The van der Waals surface area contributed by atoms with Gasteiger partial charge in [0.1, 0.15) is 35.7 Å². The largest absolute Gasteiger partial charge is 0.497 e. The van der Waals surface area contributed by atoms with Crippen molar-refractivity contribution in [1.29, 1.82) is 0 Å². The van der Waals surface area contributed by atoms with Gasteiger partial charge in [0.25, 0.3) is 5.91 Å². The summed E-state index contributed by atoms with van der Waals surface area (Å²) in [5, 5.41) is 13.9. The SMILES string of the molecule is COc1ccc2cc(C(=O)NC(C(=O)NC(CC(=O)O)C(=O)CF)C(C)C)c(=O)oc2c1. The van der Waals surface area contributed by atoms with Crippen molar-refractivity contribution in [3.63, 3.8) is 0 Å². The highest BCUT2D eigenvalue weighted by molar-refractivity contribution is 6.00. The third-order valence-electron chi connectivity index (χ3n) is 4.64. The van der Waals surface area contributed by atoms with E-state index in [1.54, 1.807) is 26.0 Å². The minimum absolute atomic E-state index is 0.199. The molecule has 32 heavy (non-hydrogen) atoms. The summed E-state index contributed by atoms with van der Waals surface area (Å²) < 4.78 is 23.0. The standard InChI is InChI=1S/C21H23FN2O8/c1-10(2)18(20(29)23-14(8-17(26)27)15(25)9-22)24-19(28)13-6-11-4-5-12(31-3)7-16(11)32-21(13)30/h4-7,10,14,18H,8-9H2,1-3H3,(H,23,29)(H,24,28)(H,26,27). The second kappa shape index (κ2) is 10.5. The van der Waals surface area contributed by atoms with Crippen molar-refractivity contribution in [3.05, 3.63) is 40.2 Å². The first kappa shape index (κ1) is 24.5. The van der Waals surface area contributed by atoms with Gasteiger partial charge in [-0.3, -0.25) is 19.2 Å². The third kappa shape index (κ3) is 5.90. The summed E-state index contributed by atoms with van der Waals surface area (Å²) in [6, 6.07) is 3.14. The molecule has 2 amide bonds. The molecule has 0 aliphatic heterocycles. The lowest BCUT2D eigenvalue weighted by Gasteiger charge is -2.24. The maximum absolute atomic E-state index is 12.7. The summed E-state index contributed by atoms with van der Waals surface area (Å²) in [4.78, 5) is 60.2. The van der Waals surface area contributed by atoms with E-state index in [1.165, 1.54) is 19.2 Å². The van der Waals surface area contributed by atoms with Crippen molar-refractivity contribution in [2.75, 3.05) is 13.8 Å². The van der Waals surface area contributed by atoms with Gasteiger partial charge in [-0.25, -0.2) is 9.18 Å². The maximum atomic E-state index is 12.7. The fourth-order valence-corrected chi connectivity index (χ4v) is 2.91. The van der Waals surface area contributed by atoms with E-state index in [0.717, 1.165) is 0 Å². The highest BCUT2D eigenvalue weighted by Gasteiger charge is 2.30. The zero-order valence-electron chi connectivity index (χ0n) is 17.6. The molecule has 0 aliphatic rings. The first-order valence-corrected chi connectivity index (χ1v) is 9.61. The molecule has 11 heteroatoms. The lowest BCUT2D eigenvalue weighted by atomic mass is 10.0. The van der Waals surface area contributed by atoms with Crippen molar-refractivity contribution in [3.8, 4) is 5.75 Å². The Kier molecular flexibility index (Phi) is 8.05. The molecule has 0 aliphatic carbocycles. The van der Waals surface area contributed by atoms with Crippen molar-refractivity contribution in [1.82, 2.24) is 10.6 Å². The molecule has 0 bridgehead atoms. The first-order chi connectivity index (χ1) is 15.1. The van der Waals surface area contributed by atoms with Crippen LogP contribution in [0.15, 0.2) is 33.5 Å². The van der Waals surface area contributed by atoms with E-state index in [1.807, 2.05) is 0 Å². The van der Waals surface area contributed by atoms with E-state index < -0.39 is 60.3 Å². The van der Waals surface area contributed by atoms with E-state index in [4.69, 9.17) is 14.3 Å². The zero-order valence-corrected chi connectivity index (χ0v) is 17.6. The third-order valence-corrected chi connectivity index (χ3v) is 4.64. The Morgan fingerprint density at radius 1 is 1.16 bits per heavy atom. The molecule has 10 nitrogen and oxygen atoms in total. The number of benzene rings is 1. The number of ketones is 1. The molecule has 0 radical (unpaired) electrons. The topological polar surface area (TPSA) is 152 Å². The van der Waals surface area contributed by atoms with Gasteiger partial charge in [0.05, 0.1) is 13.5 Å². The molecular formula is C21H23FN2O8. The summed E-state index contributed by atoms with van der Waals surface area (Å²) in [6.45, 7) is 1.71. The van der Waals surface area contributed by atoms with Crippen LogP contribution in [0.25, 0.3) is 11.0 Å². The number of halogens is 1. The summed E-state index contributed by atoms with van der Waals surface area (Å²) in [6.07, 6.45) is -0.815. The summed E-state index contributed by atoms with van der Waals surface area (Å²) in [5.41, 5.74) is -1.10. The van der Waals surface area contributed by atoms with E-state index in [0.29, 0.717) is 11.1 Å². The molecule has 1 aromatic heterocycles.